The normalized spacial score (nSPS) is 20.3. The molecular weight excluding hydrogens is 467 g/mol. The molecule has 2 N–H and O–H groups in total. The van der Waals surface area contributed by atoms with Gasteiger partial charge in [-0.05, 0) is 68.5 Å². The molecule has 0 aromatic heterocycles. The second kappa shape index (κ2) is 9.76. The van der Waals surface area contributed by atoms with Crippen LogP contribution in [0.4, 0.5) is 22.0 Å². The summed E-state index contributed by atoms with van der Waals surface area (Å²) in [6.07, 6.45) is -3.41. The van der Waals surface area contributed by atoms with Crippen molar-refractivity contribution in [2.24, 2.45) is 5.92 Å². The van der Waals surface area contributed by atoms with Crippen LogP contribution < -0.4 is 10.0 Å². The van der Waals surface area contributed by atoms with E-state index < -0.39 is 38.5 Å². The van der Waals surface area contributed by atoms with Crippen molar-refractivity contribution in [2.75, 3.05) is 0 Å². The molecule has 2 aromatic carbocycles. The molecule has 3 rings (SSSR count). The van der Waals surface area contributed by atoms with Gasteiger partial charge in [-0.2, -0.15) is 13.2 Å². The summed E-state index contributed by atoms with van der Waals surface area (Å²) in [7, 11) is -4.37. The molecule has 2 aromatic rings. The van der Waals surface area contributed by atoms with E-state index in [1.807, 2.05) is 0 Å². The third kappa shape index (κ3) is 6.29. The van der Waals surface area contributed by atoms with Gasteiger partial charge in [0, 0.05) is 12.0 Å². The van der Waals surface area contributed by atoms with Crippen molar-refractivity contribution in [3.63, 3.8) is 0 Å². The van der Waals surface area contributed by atoms with E-state index in [1.54, 1.807) is 19.1 Å². The maximum Gasteiger partial charge on any atom is 0.416 e. The number of nitrogens with one attached hydrogen (secondary N) is 2. The molecule has 0 saturated heterocycles. The van der Waals surface area contributed by atoms with Gasteiger partial charge in [-0.1, -0.05) is 12.1 Å². The van der Waals surface area contributed by atoms with Gasteiger partial charge in [-0.3, -0.25) is 4.79 Å². The summed E-state index contributed by atoms with van der Waals surface area (Å²) in [6, 6.07) is 6.10. The van der Waals surface area contributed by atoms with Crippen molar-refractivity contribution in [3.8, 4) is 0 Å². The molecule has 1 unspecified atom stereocenters. The number of alkyl halides is 3. The first-order valence-electron chi connectivity index (χ1n) is 10.3. The van der Waals surface area contributed by atoms with Crippen LogP contribution in [0.3, 0.4) is 0 Å². The van der Waals surface area contributed by atoms with Crippen molar-refractivity contribution in [3.05, 3.63) is 65.2 Å². The summed E-state index contributed by atoms with van der Waals surface area (Å²) in [5.41, 5.74) is -0.537. The van der Waals surface area contributed by atoms with Gasteiger partial charge in [0.25, 0.3) is 0 Å². The molecule has 33 heavy (non-hydrogen) atoms. The zero-order valence-corrected chi connectivity index (χ0v) is 18.4. The van der Waals surface area contributed by atoms with E-state index in [0.717, 1.165) is 5.56 Å². The van der Waals surface area contributed by atoms with E-state index >= 15 is 0 Å². The first kappa shape index (κ1) is 25.1. The van der Waals surface area contributed by atoms with Crippen LogP contribution in [0.5, 0.6) is 0 Å². The number of amides is 1. The first-order valence-corrected chi connectivity index (χ1v) is 11.8. The maximum atomic E-state index is 14.1. The molecule has 0 aliphatic heterocycles. The summed E-state index contributed by atoms with van der Waals surface area (Å²) >= 11 is 0. The van der Waals surface area contributed by atoms with Crippen LogP contribution in [0, 0.1) is 17.6 Å². The number of hydrogen-bond acceptors (Lipinski definition) is 3. The highest BCUT2D eigenvalue weighted by Gasteiger charge is 2.34. The van der Waals surface area contributed by atoms with Gasteiger partial charge in [0.1, 0.15) is 16.5 Å². The molecular formula is C22H23F5N2O3S. The van der Waals surface area contributed by atoms with Crippen molar-refractivity contribution in [2.45, 2.75) is 55.8 Å². The highest BCUT2D eigenvalue weighted by Crippen LogP contribution is 2.32. The predicted molar refractivity (Wildman–Crippen MR) is 110 cm³/mol. The lowest BCUT2D eigenvalue weighted by Crippen LogP contribution is -2.41. The highest BCUT2D eigenvalue weighted by atomic mass is 32.2. The first-order chi connectivity index (χ1) is 15.4. The fourth-order valence-electron chi connectivity index (χ4n) is 3.82. The van der Waals surface area contributed by atoms with Crippen LogP contribution in [-0.2, 0) is 21.0 Å². The molecule has 1 atom stereocenters. The minimum absolute atomic E-state index is 0.151. The summed E-state index contributed by atoms with van der Waals surface area (Å²) in [6.45, 7) is 1.77. The smallest absolute Gasteiger partial charge is 0.349 e. The van der Waals surface area contributed by atoms with Crippen LogP contribution in [-0.4, -0.2) is 20.4 Å². The van der Waals surface area contributed by atoms with E-state index in [0.29, 0.717) is 37.8 Å². The predicted octanol–water partition coefficient (Wildman–Crippen LogP) is 4.70. The second-order valence-electron chi connectivity index (χ2n) is 8.09. The Bertz CT molecular complexity index is 1100. The molecule has 0 bridgehead atoms. The number of halogens is 5. The molecule has 11 heteroatoms. The van der Waals surface area contributed by atoms with Crippen molar-refractivity contribution in [1.29, 1.82) is 0 Å². The Morgan fingerprint density at radius 3 is 2.15 bits per heavy atom. The number of sulfonamides is 1. The molecule has 180 valence electrons. The molecule has 1 aliphatic rings. The van der Waals surface area contributed by atoms with Gasteiger partial charge in [0.2, 0.25) is 15.9 Å². The SMILES string of the molecule is CC(NC(=O)C1CCC(NS(=O)(=O)c2ccc(C(F)(F)F)cc2F)CC1)c1ccc(F)cc1. The number of benzene rings is 2. The third-order valence-electron chi connectivity index (χ3n) is 5.70. The Labute approximate surface area is 188 Å². The fraction of sp³-hybridized carbons (Fsp3) is 0.409. The largest absolute Gasteiger partial charge is 0.416 e. The quantitative estimate of drug-likeness (QED) is 0.577. The Morgan fingerprint density at radius 2 is 1.61 bits per heavy atom. The lowest BCUT2D eigenvalue weighted by molar-refractivity contribution is -0.137. The minimum atomic E-state index is -4.79. The van der Waals surface area contributed by atoms with Crippen molar-refractivity contribution >= 4 is 15.9 Å². The van der Waals surface area contributed by atoms with E-state index in [2.05, 4.69) is 10.0 Å². The monoisotopic (exact) mass is 490 g/mol. The molecule has 1 saturated carbocycles. The van der Waals surface area contributed by atoms with Crippen LogP contribution in [0.2, 0.25) is 0 Å². The lowest BCUT2D eigenvalue weighted by atomic mass is 9.85. The van der Waals surface area contributed by atoms with Gasteiger partial charge >= 0.3 is 6.18 Å². The Hall–Kier alpha value is -2.53. The summed E-state index contributed by atoms with van der Waals surface area (Å²) < 4.78 is 92.5. The van der Waals surface area contributed by atoms with Gasteiger partial charge in [-0.25, -0.2) is 21.9 Å². The van der Waals surface area contributed by atoms with Gasteiger partial charge in [0.05, 0.1) is 11.6 Å². The van der Waals surface area contributed by atoms with Crippen LogP contribution in [0.15, 0.2) is 47.4 Å². The van der Waals surface area contributed by atoms with Crippen LogP contribution >= 0.6 is 0 Å². The number of rotatable bonds is 6. The fourth-order valence-corrected chi connectivity index (χ4v) is 5.18. The molecule has 1 fully saturated rings. The molecule has 0 radical (unpaired) electrons. The number of carbonyl (C=O) groups excluding carboxylic acids is 1. The van der Waals surface area contributed by atoms with E-state index in [-0.39, 0.29) is 29.8 Å². The molecule has 0 heterocycles. The van der Waals surface area contributed by atoms with Gasteiger partial charge < -0.3 is 5.32 Å². The number of hydrogen-bond donors (Lipinski definition) is 2. The van der Waals surface area contributed by atoms with Crippen molar-refractivity contribution < 1.29 is 35.2 Å². The Morgan fingerprint density at radius 1 is 1.00 bits per heavy atom. The average molecular weight is 490 g/mol. The van der Waals surface area contributed by atoms with E-state index in [1.165, 1.54) is 12.1 Å². The van der Waals surface area contributed by atoms with Gasteiger partial charge in [-0.15, -0.1) is 0 Å². The van der Waals surface area contributed by atoms with Gasteiger partial charge in [0.15, 0.2) is 0 Å². The topological polar surface area (TPSA) is 75.3 Å². The second-order valence-corrected chi connectivity index (χ2v) is 9.78. The zero-order valence-electron chi connectivity index (χ0n) is 17.6. The standard InChI is InChI=1S/C22H23F5N2O3S/c1-13(14-2-7-17(23)8-3-14)28-21(30)15-4-9-18(10-5-15)29-33(31,32)20-11-6-16(12-19(20)24)22(25,26)27/h2-3,6-8,11-13,15,18,29H,4-5,9-10H2,1H3,(H,28,30). The minimum Gasteiger partial charge on any atom is -0.349 e. The maximum absolute atomic E-state index is 14.1. The summed E-state index contributed by atoms with van der Waals surface area (Å²) in [4.78, 5) is 11.7. The zero-order chi connectivity index (χ0) is 24.4. The average Bonchev–Trinajstić information content (AvgIpc) is 2.73. The highest BCUT2D eigenvalue weighted by molar-refractivity contribution is 7.89. The molecule has 1 aliphatic carbocycles. The van der Waals surface area contributed by atoms with Crippen molar-refractivity contribution in [1.82, 2.24) is 10.0 Å². The third-order valence-corrected chi connectivity index (χ3v) is 7.25. The summed E-state index contributed by atoms with van der Waals surface area (Å²) in [5, 5.41) is 2.86. The summed E-state index contributed by atoms with van der Waals surface area (Å²) in [5.74, 6) is -2.42. The molecule has 0 spiro atoms. The lowest BCUT2D eigenvalue weighted by Gasteiger charge is -2.29. The number of carbonyl (C=O) groups is 1. The van der Waals surface area contributed by atoms with Crippen LogP contribution in [0.25, 0.3) is 0 Å². The van der Waals surface area contributed by atoms with E-state index in [4.69, 9.17) is 0 Å². The Balaban J connectivity index is 1.56. The van der Waals surface area contributed by atoms with E-state index in [9.17, 15) is 35.2 Å². The molecule has 1 amide bonds. The molecule has 5 nitrogen and oxygen atoms in total. The Kier molecular flexibility index (Phi) is 7.42. The van der Waals surface area contributed by atoms with Crippen LogP contribution in [0.1, 0.15) is 49.8 Å².